The smallest absolute Gasteiger partial charge is 0.319 e. The molecule has 10 nitrogen and oxygen atoms in total. The van der Waals surface area contributed by atoms with Gasteiger partial charge in [-0.2, -0.15) is 15.1 Å². The largest absolute Gasteiger partial charge is 0.461 e. The van der Waals surface area contributed by atoms with Crippen LogP contribution in [0.5, 0.6) is 6.01 Å². The molecule has 0 spiro atoms. The molecule has 0 radical (unpaired) electrons. The minimum atomic E-state index is -0.687. The van der Waals surface area contributed by atoms with Crippen molar-refractivity contribution < 1.29 is 13.9 Å². The third-order valence-electron chi connectivity index (χ3n) is 7.82. The Hall–Kier alpha value is -3.05. The van der Waals surface area contributed by atoms with Crippen molar-refractivity contribution in [1.29, 1.82) is 0 Å². The molecule has 3 aromatic heterocycles. The van der Waals surface area contributed by atoms with Gasteiger partial charge in [-0.1, -0.05) is 11.6 Å². The molecule has 6 rings (SSSR count). The molecular weight excluding hydrogens is 499 g/mol. The van der Waals surface area contributed by atoms with E-state index in [9.17, 15) is 4.79 Å². The molecule has 1 amide bonds. The predicted octanol–water partition coefficient (Wildman–Crippen LogP) is 3.13. The van der Waals surface area contributed by atoms with Crippen molar-refractivity contribution in [2.24, 2.45) is 0 Å². The van der Waals surface area contributed by atoms with E-state index in [0.717, 1.165) is 50.9 Å². The van der Waals surface area contributed by atoms with Crippen molar-refractivity contribution in [2.75, 3.05) is 45.2 Å². The molecule has 3 aromatic rings. The Labute approximate surface area is 219 Å². The summed E-state index contributed by atoms with van der Waals surface area (Å²) in [6.07, 6.45) is 6.76. The number of rotatable bonds is 5. The molecule has 37 heavy (non-hydrogen) atoms. The maximum atomic E-state index is 15.1. The average molecular weight is 529 g/mol. The van der Waals surface area contributed by atoms with E-state index in [2.05, 4.69) is 20.0 Å². The molecule has 0 atom stereocenters. The first-order valence-corrected chi connectivity index (χ1v) is 13.2. The Morgan fingerprint density at radius 2 is 1.95 bits per heavy atom. The first-order chi connectivity index (χ1) is 17.8. The van der Waals surface area contributed by atoms with Gasteiger partial charge < -0.3 is 14.5 Å². The average Bonchev–Trinajstić information content (AvgIpc) is 3.55. The second-order valence-electron chi connectivity index (χ2n) is 10.4. The van der Waals surface area contributed by atoms with E-state index in [-0.39, 0.29) is 28.1 Å². The monoisotopic (exact) mass is 528 g/mol. The van der Waals surface area contributed by atoms with Crippen molar-refractivity contribution >= 4 is 34.2 Å². The van der Waals surface area contributed by atoms with Gasteiger partial charge in [0.05, 0.1) is 23.2 Å². The summed E-state index contributed by atoms with van der Waals surface area (Å²) in [6, 6.07) is 1.95. The molecule has 6 heterocycles. The van der Waals surface area contributed by atoms with Crippen LogP contribution in [0, 0.1) is 5.82 Å². The van der Waals surface area contributed by atoms with Gasteiger partial charge in [0.25, 0.3) is 5.91 Å². The number of carbonyl (C=O) groups excluding carboxylic acids is 1. The Bertz CT molecular complexity index is 1350. The van der Waals surface area contributed by atoms with E-state index in [0.29, 0.717) is 43.1 Å². The SMILES string of the molecule is CN(C)C(=O)c1cc2n(n1)CCCN(c1nc(OCC34CCCN3CCC4)nc3c(F)c(Cl)ncc13)C2. The third kappa shape index (κ3) is 4.27. The van der Waals surface area contributed by atoms with E-state index < -0.39 is 5.82 Å². The van der Waals surface area contributed by atoms with Gasteiger partial charge in [0.1, 0.15) is 17.9 Å². The normalized spacial score (nSPS) is 19.1. The lowest BCUT2D eigenvalue weighted by Gasteiger charge is -2.31. The van der Waals surface area contributed by atoms with Gasteiger partial charge in [-0.25, -0.2) is 9.37 Å². The molecule has 3 aliphatic heterocycles. The molecule has 0 aliphatic carbocycles. The Morgan fingerprint density at radius 1 is 1.16 bits per heavy atom. The van der Waals surface area contributed by atoms with Crippen molar-refractivity contribution in [1.82, 2.24) is 34.5 Å². The van der Waals surface area contributed by atoms with Crippen LogP contribution in [-0.4, -0.2) is 86.3 Å². The number of amides is 1. The van der Waals surface area contributed by atoms with Crippen LogP contribution in [-0.2, 0) is 13.1 Å². The number of pyridine rings is 1. The van der Waals surface area contributed by atoms with Gasteiger partial charge in [-0.15, -0.1) is 0 Å². The number of hydrogen-bond acceptors (Lipinski definition) is 8. The van der Waals surface area contributed by atoms with Gasteiger partial charge in [0.15, 0.2) is 16.7 Å². The topological polar surface area (TPSA) is 92.5 Å². The third-order valence-corrected chi connectivity index (χ3v) is 8.08. The molecular formula is C25H30ClFN8O2. The standard InChI is InChI=1S/C25H30ClFN8O2/c1-32(2)23(36)18-12-16-14-33(8-5-11-35(16)31-18)22-17-13-28-21(26)19(27)20(17)29-24(30-22)37-15-25-6-3-9-34(25)10-4-7-25/h12-13H,3-11,14-15H2,1-2H3. The molecule has 3 aliphatic rings. The summed E-state index contributed by atoms with van der Waals surface area (Å²) in [4.78, 5) is 31.8. The number of fused-ring (bicyclic) bond motifs is 3. The van der Waals surface area contributed by atoms with Crippen molar-refractivity contribution in [3.05, 3.63) is 34.6 Å². The van der Waals surface area contributed by atoms with Crippen molar-refractivity contribution in [3.8, 4) is 6.01 Å². The predicted molar refractivity (Wildman–Crippen MR) is 136 cm³/mol. The van der Waals surface area contributed by atoms with Crippen LogP contribution >= 0.6 is 11.6 Å². The van der Waals surface area contributed by atoms with Crippen LogP contribution in [0.4, 0.5) is 10.2 Å². The van der Waals surface area contributed by atoms with Gasteiger partial charge in [-0.3, -0.25) is 14.4 Å². The summed E-state index contributed by atoms with van der Waals surface area (Å²) in [5.74, 6) is -0.304. The van der Waals surface area contributed by atoms with Crippen LogP contribution in [0.15, 0.2) is 12.3 Å². The fraction of sp³-hybridized carbons (Fsp3) is 0.560. The van der Waals surface area contributed by atoms with Crippen LogP contribution in [0.25, 0.3) is 10.9 Å². The number of carbonyl (C=O) groups is 1. The lowest BCUT2D eigenvalue weighted by Crippen LogP contribution is -2.43. The van der Waals surface area contributed by atoms with Gasteiger partial charge in [0.2, 0.25) is 0 Å². The number of aromatic nitrogens is 5. The minimum Gasteiger partial charge on any atom is -0.461 e. The highest BCUT2D eigenvalue weighted by Crippen LogP contribution is 2.39. The Kier molecular flexibility index (Phi) is 6.15. The lowest BCUT2D eigenvalue weighted by atomic mass is 9.95. The Morgan fingerprint density at radius 3 is 2.70 bits per heavy atom. The molecule has 0 unspecified atom stereocenters. The van der Waals surface area contributed by atoms with Crippen LogP contribution in [0.2, 0.25) is 5.15 Å². The van der Waals surface area contributed by atoms with Crippen LogP contribution in [0.3, 0.4) is 0 Å². The van der Waals surface area contributed by atoms with E-state index >= 15 is 4.39 Å². The summed E-state index contributed by atoms with van der Waals surface area (Å²) in [5.41, 5.74) is 1.38. The molecule has 196 valence electrons. The first kappa shape index (κ1) is 24.3. The van der Waals surface area contributed by atoms with E-state index in [1.807, 2.05) is 15.6 Å². The summed E-state index contributed by atoms with van der Waals surface area (Å²) in [5, 5.41) is 4.75. The number of anilines is 1. The van der Waals surface area contributed by atoms with Gasteiger partial charge in [-0.05, 0) is 51.3 Å². The van der Waals surface area contributed by atoms with Gasteiger partial charge >= 0.3 is 6.01 Å². The zero-order chi connectivity index (χ0) is 25.7. The number of hydrogen-bond donors (Lipinski definition) is 0. The number of nitrogens with zero attached hydrogens (tertiary/aromatic N) is 8. The fourth-order valence-electron chi connectivity index (χ4n) is 5.94. The molecule has 0 bridgehead atoms. The second-order valence-corrected chi connectivity index (χ2v) is 10.7. The van der Waals surface area contributed by atoms with E-state index in [1.54, 1.807) is 14.1 Å². The molecule has 0 N–H and O–H groups in total. The van der Waals surface area contributed by atoms with E-state index in [4.69, 9.17) is 21.3 Å². The van der Waals surface area contributed by atoms with Crippen molar-refractivity contribution in [3.63, 3.8) is 0 Å². The highest BCUT2D eigenvalue weighted by molar-refractivity contribution is 6.30. The van der Waals surface area contributed by atoms with Crippen molar-refractivity contribution in [2.45, 2.75) is 50.7 Å². The highest BCUT2D eigenvalue weighted by Gasteiger charge is 2.45. The quantitative estimate of drug-likeness (QED) is 0.466. The molecule has 0 aromatic carbocycles. The fourth-order valence-corrected chi connectivity index (χ4v) is 6.08. The summed E-state index contributed by atoms with van der Waals surface area (Å²) in [6.45, 7) is 4.41. The molecule has 2 fully saturated rings. The lowest BCUT2D eigenvalue weighted by molar-refractivity contribution is 0.0821. The molecule has 2 saturated heterocycles. The molecule has 0 saturated carbocycles. The number of aryl methyl sites for hydroxylation is 1. The van der Waals surface area contributed by atoms with Gasteiger partial charge in [0, 0.05) is 33.4 Å². The number of halogens is 2. The summed E-state index contributed by atoms with van der Waals surface area (Å²) < 4.78 is 23.2. The zero-order valence-electron chi connectivity index (χ0n) is 21.1. The first-order valence-electron chi connectivity index (χ1n) is 12.8. The van der Waals surface area contributed by atoms with Crippen LogP contribution < -0.4 is 9.64 Å². The summed E-state index contributed by atoms with van der Waals surface area (Å²) >= 11 is 6.03. The maximum absolute atomic E-state index is 15.1. The Balaban J connectivity index is 1.36. The minimum absolute atomic E-state index is 0.0113. The maximum Gasteiger partial charge on any atom is 0.319 e. The van der Waals surface area contributed by atoms with E-state index in [1.165, 1.54) is 11.1 Å². The van der Waals surface area contributed by atoms with Crippen LogP contribution in [0.1, 0.15) is 48.3 Å². The zero-order valence-corrected chi connectivity index (χ0v) is 21.8. The summed E-state index contributed by atoms with van der Waals surface area (Å²) in [7, 11) is 3.41. The second kappa shape index (κ2) is 9.36. The number of ether oxygens (including phenoxy) is 1. The highest BCUT2D eigenvalue weighted by atomic mass is 35.5. The molecule has 12 heteroatoms.